The van der Waals surface area contributed by atoms with Crippen molar-refractivity contribution in [3.63, 3.8) is 0 Å². The molecule has 0 amide bonds. The predicted octanol–water partition coefficient (Wildman–Crippen LogP) is -0.0844. The second-order valence-corrected chi connectivity index (χ2v) is 5.34. The minimum Gasteiger partial charge on any atom is -0.314 e. The molecule has 0 aromatic rings. The summed E-state index contributed by atoms with van der Waals surface area (Å²) < 4.78 is 0. The van der Waals surface area contributed by atoms with Gasteiger partial charge in [-0.3, -0.25) is 0 Å². The van der Waals surface area contributed by atoms with Gasteiger partial charge < -0.3 is 21.3 Å². The molecule has 0 spiro atoms. The maximum absolute atomic E-state index is 3.70. The van der Waals surface area contributed by atoms with Gasteiger partial charge >= 0.3 is 0 Å². The highest BCUT2D eigenvalue weighted by atomic mass is 15.1. The molecule has 2 saturated heterocycles. The van der Waals surface area contributed by atoms with Crippen molar-refractivity contribution >= 4 is 0 Å². The Kier molecular flexibility index (Phi) is 5.71. The van der Waals surface area contributed by atoms with E-state index in [1.807, 2.05) is 0 Å². The summed E-state index contributed by atoms with van der Waals surface area (Å²) in [5, 5.41) is 14.4. The standard InChI is InChI=1S/C13H28N4/c1-2-3-4-11(12-9-14-5-7-16-12)13-10-15-6-8-17-13/h11-17H,2-10H2,1H3. The van der Waals surface area contributed by atoms with Crippen LogP contribution in [0.1, 0.15) is 26.2 Å². The first kappa shape index (κ1) is 13.3. The molecule has 17 heavy (non-hydrogen) atoms. The Morgan fingerprint density at radius 1 is 0.941 bits per heavy atom. The lowest BCUT2D eigenvalue weighted by Crippen LogP contribution is -2.60. The zero-order valence-electron chi connectivity index (χ0n) is 11.1. The van der Waals surface area contributed by atoms with E-state index in [4.69, 9.17) is 0 Å². The quantitative estimate of drug-likeness (QED) is 0.543. The summed E-state index contributed by atoms with van der Waals surface area (Å²) in [6.45, 7) is 9.02. The molecule has 2 rings (SSSR count). The second-order valence-electron chi connectivity index (χ2n) is 5.34. The molecular weight excluding hydrogens is 212 g/mol. The smallest absolute Gasteiger partial charge is 0.0236 e. The highest BCUT2D eigenvalue weighted by Crippen LogP contribution is 2.19. The van der Waals surface area contributed by atoms with Crippen LogP contribution in [0.4, 0.5) is 0 Å². The van der Waals surface area contributed by atoms with Crippen LogP contribution in [0.15, 0.2) is 0 Å². The zero-order valence-corrected chi connectivity index (χ0v) is 11.1. The maximum atomic E-state index is 3.70. The molecule has 0 aromatic carbocycles. The highest BCUT2D eigenvalue weighted by molar-refractivity contribution is 4.92. The van der Waals surface area contributed by atoms with Gasteiger partial charge in [-0.15, -0.1) is 0 Å². The first-order chi connectivity index (χ1) is 8.42. The van der Waals surface area contributed by atoms with Crippen molar-refractivity contribution in [1.29, 1.82) is 0 Å². The van der Waals surface area contributed by atoms with Crippen molar-refractivity contribution in [2.45, 2.75) is 38.3 Å². The fourth-order valence-corrected chi connectivity index (χ4v) is 3.08. The first-order valence-electron chi connectivity index (χ1n) is 7.30. The van der Waals surface area contributed by atoms with Gasteiger partial charge in [-0.05, 0) is 12.3 Å². The van der Waals surface area contributed by atoms with Gasteiger partial charge in [0.15, 0.2) is 0 Å². The molecule has 0 radical (unpaired) electrons. The van der Waals surface area contributed by atoms with E-state index in [-0.39, 0.29) is 0 Å². The van der Waals surface area contributed by atoms with Crippen LogP contribution in [-0.4, -0.2) is 51.4 Å². The molecule has 4 nitrogen and oxygen atoms in total. The van der Waals surface area contributed by atoms with E-state index in [1.165, 1.54) is 19.3 Å². The van der Waals surface area contributed by atoms with Gasteiger partial charge in [0.05, 0.1) is 0 Å². The Labute approximate surface area is 105 Å². The van der Waals surface area contributed by atoms with Crippen LogP contribution < -0.4 is 21.3 Å². The lowest BCUT2D eigenvalue weighted by atomic mass is 9.85. The van der Waals surface area contributed by atoms with Gasteiger partial charge in [0, 0.05) is 51.4 Å². The van der Waals surface area contributed by atoms with Crippen LogP contribution >= 0.6 is 0 Å². The molecule has 0 bridgehead atoms. The third-order valence-electron chi connectivity index (χ3n) is 4.07. The average molecular weight is 240 g/mol. The van der Waals surface area contributed by atoms with Crippen molar-refractivity contribution in [3.8, 4) is 0 Å². The lowest BCUT2D eigenvalue weighted by Gasteiger charge is -2.39. The number of hydrogen-bond donors (Lipinski definition) is 4. The van der Waals surface area contributed by atoms with Gasteiger partial charge in [-0.25, -0.2) is 0 Å². The molecule has 2 aliphatic heterocycles. The first-order valence-corrected chi connectivity index (χ1v) is 7.30. The number of piperazine rings is 2. The normalized spacial score (nSPS) is 32.3. The Hall–Kier alpha value is -0.160. The van der Waals surface area contributed by atoms with Crippen LogP contribution in [0.3, 0.4) is 0 Å². The molecule has 2 atom stereocenters. The number of rotatable bonds is 5. The molecule has 4 heteroatoms. The summed E-state index contributed by atoms with van der Waals surface area (Å²) in [6, 6.07) is 1.29. The average Bonchev–Trinajstić information content (AvgIpc) is 2.42. The van der Waals surface area contributed by atoms with Gasteiger partial charge in [-0.2, -0.15) is 0 Å². The molecule has 2 fully saturated rings. The summed E-state index contributed by atoms with van der Waals surface area (Å²) in [7, 11) is 0. The van der Waals surface area contributed by atoms with Crippen LogP contribution in [0, 0.1) is 5.92 Å². The van der Waals surface area contributed by atoms with Gasteiger partial charge in [-0.1, -0.05) is 19.8 Å². The van der Waals surface area contributed by atoms with Crippen molar-refractivity contribution < 1.29 is 0 Å². The SMILES string of the molecule is CCCCC(C1CNCCN1)C1CNCCN1. The summed E-state index contributed by atoms with van der Waals surface area (Å²) in [4.78, 5) is 0. The number of nitrogens with one attached hydrogen (secondary N) is 4. The Balaban J connectivity index is 1.90. The molecule has 2 unspecified atom stereocenters. The fourth-order valence-electron chi connectivity index (χ4n) is 3.08. The minimum absolute atomic E-state index is 0.646. The molecule has 0 aliphatic carbocycles. The van der Waals surface area contributed by atoms with Gasteiger partial charge in [0.1, 0.15) is 0 Å². The predicted molar refractivity (Wildman–Crippen MR) is 72.3 cm³/mol. The van der Waals surface area contributed by atoms with Crippen molar-refractivity contribution in [2.24, 2.45) is 5.92 Å². The van der Waals surface area contributed by atoms with E-state index < -0.39 is 0 Å². The molecule has 100 valence electrons. The zero-order chi connectivity index (χ0) is 11.9. The van der Waals surface area contributed by atoms with E-state index in [9.17, 15) is 0 Å². The molecular formula is C13H28N4. The van der Waals surface area contributed by atoms with E-state index in [0.717, 1.165) is 45.2 Å². The van der Waals surface area contributed by atoms with Gasteiger partial charge in [0.25, 0.3) is 0 Å². The summed E-state index contributed by atoms with van der Waals surface area (Å²) in [6.07, 6.45) is 3.99. The summed E-state index contributed by atoms with van der Waals surface area (Å²) >= 11 is 0. The maximum Gasteiger partial charge on any atom is 0.0236 e. The largest absolute Gasteiger partial charge is 0.314 e. The van der Waals surface area contributed by atoms with E-state index in [1.54, 1.807) is 0 Å². The third-order valence-corrected chi connectivity index (χ3v) is 4.07. The highest BCUT2D eigenvalue weighted by Gasteiger charge is 2.30. The second kappa shape index (κ2) is 7.31. The summed E-state index contributed by atoms with van der Waals surface area (Å²) in [5.74, 6) is 0.760. The molecule has 0 aromatic heterocycles. The molecule has 4 N–H and O–H groups in total. The third kappa shape index (κ3) is 3.91. The molecule has 2 heterocycles. The van der Waals surface area contributed by atoms with Crippen molar-refractivity contribution in [1.82, 2.24) is 21.3 Å². The van der Waals surface area contributed by atoms with E-state index >= 15 is 0 Å². The fraction of sp³-hybridized carbons (Fsp3) is 1.00. The van der Waals surface area contributed by atoms with E-state index in [2.05, 4.69) is 28.2 Å². The number of unbranched alkanes of at least 4 members (excludes halogenated alkanes) is 1. The number of hydrogen-bond acceptors (Lipinski definition) is 4. The lowest BCUT2D eigenvalue weighted by molar-refractivity contribution is 0.211. The summed E-state index contributed by atoms with van der Waals surface area (Å²) in [5.41, 5.74) is 0. The van der Waals surface area contributed by atoms with Crippen LogP contribution in [-0.2, 0) is 0 Å². The van der Waals surface area contributed by atoms with E-state index in [0.29, 0.717) is 12.1 Å². The monoisotopic (exact) mass is 240 g/mol. The van der Waals surface area contributed by atoms with Crippen LogP contribution in [0.2, 0.25) is 0 Å². The molecule has 0 saturated carbocycles. The topological polar surface area (TPSA) is 48.1 Å². The van der Waals surface area contributed by atoms with Crippen LogP contribution in [0.25, 0.3) is 0 Å². The Morgan fingerprint density at radius 2 is 1.53 bits per heavy atom. The van der Waals surface area contributed by atoms with Crippen molar-refractivity contribution in [2.75, 3.05) is 39.3 Å². The Morgan fingerprint density at radius 3 is 1.94 bits per heavy atom. The minimum atomic E-state index is 0.646. The van der Waals surface area contributed by atoms with Gasteiger partial charge in [0.2, 0.25) is 0 Å². The molecule has 2 aliphatic rings. The van der Waals surface area contributed by atoms with Crippen molar-refractivity contribution in [3.05, 3.63) is 0 Å². The Bertz CT molecular complexity index is 180. The van der Waals surface area contributed by atoms with Crippen LogP contribution in [0.5, 0.6) is 0 Å².